The summed E-state index contributed by atoms with van der Waals surface area (Å²) in [4.78, 5) is 10.7. The smallest absolute Gasteiger partial charge is 0.406 e. The van der Waals surface area contributed by atoms with E-state index in [1.807, 2.05) is 0 Å². The maximum atomic E-state index is 9.62. The van der Waals surface area contributed by atoms with E-state index in [4.69, 9.17) is 5.11 Å². The summed E-state index contributed by atoms with van der Waals surface area (Å²) in [6.07, 6.45) is 8.09. The lowest BCUT2D eigenvalue weighted by Gasteiger charge is -2.05. The van der Waals surface area contributed by atoms with Crippen molar-refractivity contribution in [3.63, 3.8) is 0 Å². The molecule has 1 saturated carbocycles. The fourth-order valence-electron chi connectivity index (χ4n) is 1.06. The molecular weight excluding hydrogens is 154 g/mol. The summed E-state index contributed by atoms with van der Waals surface area (Å²) in [5.74, 6) is 0. The molecule has 0 radical (unpaired) electrons. The van der Waals surface area contributed by atoms with Crippen LogP contribution in [-0.2, 0) is 0 Å². The van der Waals surface area contributed by atoms with Gasteiger partial charge < -0.3 is 10.0 Å². The van der Waals surface area contributed by atoms with Crippen molar-refractivity contribution in [3.8, 4) is 0 Å². The number of hydrogen-bond donors (Lipinski definition) is 1. The molecule has 0 aromatic heterocycles. The fraction of sp³-hybridized carbons (Fsp3) is 0.889. The molecule has 0 atom stereocenters. The van der Waals surface area contributed by atoms with Crippen LogP contribution in [0.1, 0.15) is 38.5 Å². The van der Waals surface area contributed by atoms with Crippen LogP contribution in [0.2, 0.25) is 0 Å². The van der Waals surface area contributed by atoms with Crippen LogP contribution in [0, 0.1) is 0 Å². The van der Waals surface area contributed by atoms with Crippen LogP contribution in [0.4, 0.5) is 4.79 Å². The third-order valence-corrected chi connectivity index (χ3v) is 1.88. The molecule has 1 aliphatic carbocycles. The van der Waals surface area contributed by atoms with Crippen molar-refractivity contribution >= 4 is 6.09 Å². The molecule has 1 N–H and O–H groups in total. The van der Waals surface area contributed by atoms with E-state index in [1.165, 1.54) is 52.6 Å². The molecule has 12 heavy (non-hydrogen) atoms. The summed E-state index contributed by atoms with van der Waals surface area (Å²) in [6.45, 7) is 0. The Bertz CT molecular complexity index is 108. The molecule has 1 amide bonds. The van der Waals surface area contributed by atoms with Crippen LogP contribution in [0.15, 0.2) is 0 Å². The summed E-state index contributed by atoms with van der Waals surface area (Å²) < 4.78 is 0. The Morgan fingerprint density at radius 1 is 1.00 bits per heavy atom. The van der Waals surface area contributed by atoms with Gasteiger partial charge in [-0.05, 0) is 0 Å². The van der Waals surface area contributed by atoms with Crippen LogP contribution in [0.3, 0.4) is 0 Å². The molecule has 0 unspecified atom stereocenters. The van der Waals surface area contributed by atoms with Crippen molar-refractivity contribution in [1.82, 2.24) is 4.90 Å². The molecule has 0 heterocycles. The Kier molecular flexibility index (Phi) is 6.53. The highest BCUT2D eigenvalue weighted by atomic mass is 16.4. The van der Waals surface area contributed by atoms with Crippen molar-refractivity contribution < 1.29 is 9.90 Å². The number of nitrogens with zero attached hydrogens (tertiary/aromatic N) is 1. The highest BCUT2D eigenvalue weighted by molar-refractivity contribution is 5.63. The maximum absolute atomic E-state index is 9.62. The molecule has 0 aliphatic heterocycles. The molecule has 1 aliphatic rings. The lowest BCUT2D eigenvalue weighted by molar-refractivity contribution is 0.165. The minimum absolute atomic E-state index is 0.907. The minimum Gasteiger partial charge on any atom is -0.465 e. The standard InChI is InChI=1S/C6H12.C3H7NO2/c1-2-4-6-5-3-1;1-4(2)3(5)6/h1-6H2;1-2H3,(H,5,6). The van der Waals surface area contributed by atoms with E-state index in [2.05, 4.69) is 0 Å². The van der Waals surface area contributed by atoms with Crippen molar-refractivity contribution in [2.75, 3.05) is 14.1 Å². The molecule has 3 heteroatoms. The number of hydrogen-bond acceptors (Lipinski definition) is 1. The summed E-state index contributed by atoms with van der Waals surface area (Å²) in [7, 11) is 2.95. The van der Waals surface area contributed by atoms with Gasteiger partial charge >= 0.3 is 6.09 Å². The van der Waals surface area contributed by atoms with E-state index < -0.39 is 6.09 Å². The molecule has 0 aromatic rings. The van der Waals surface area contributed by atoms with Crippen molar-refractivity contribution in [2.24, 2.45) is 0 Å². The zero-order valence-electron chi connectivity index (χ0n) is 8.05. The van der Waals surface area contributed by atoms with E-state index in [1.54, 1.807) is 0 Å². The van der Waals surface area contributed by atoms with Gasteiger partial charge in [0, 0.05) is 14.1 Å². The molecule has 3 nitrogen and oxygen atoms in total. The number of carbonyl (C=O) groups is 1. The summed E-state index contributed by atoms with van der Waals surface area (Å²) in [5.41, 5.74) is 0. The van der Waals surface area contributed by atoms with Crippen LogP contribution in [0.25, 0.3) is 0 Å². The first-order valence-electron chi connectivity index (χ1n) is 4.55. The highest BCUT2D eigenvalue weighted by Crippen LogP contribution is 2.15. The van der Waals surface area contributed by atoms with Crippen LogP contribution >= 0.6 is 0 Å². The van der Waals surface area contributed by atoms with Crippen LogP contribution in [0.5, 0.6) is 0 Å². The average Bonchev–Trinajstić information content (AvgIpc) is 2.08. The first-order valence-corrected chi connectivity index (χ1v) is 4.55. The zero-order chi connectivity index (χ0) is 9.40. The predicted octanol–water partition coefficient (Wildman–Crippen LogP) is 2.57. The Morgan fingerprint density at radius 3 is 1.25 bits per heavy atom. The first kappa shape index (κ1) is 11.3. The zero-order valence-corrected chi connectivity index (χ0v) is 8.05. The highest BCUT2D eigenvalue weighted by Gasteiger charge is 1.95. The second kappa shape index (κ2) is 6.95. The molecule has 0 bridgehead atoms. The van der Waals surface area contributed by atoms with Gasteiger partial charge in [-0.1, -0.05) is 38.5 Å². The van der Waals surface area contributed by atoms with Gasteiger partial charge in [0.15, 0.2) is 0 Å². The molecule has 1 rings (SSSR count). The molecule has 1 fully saturated rings. The van der Waals surface area contributed by atoms with E-state index in [0.29, 0.717) is 0 Å². The van der Waals surface area contributed by atoms with E-state index in [0.717, 1.165) is 4.90 Å². The van der Waals surface area contributed by atoms with Crippen molar-refractivity contribution in [1.29, 1.82) is 0 Å². The molecular formula is C9H19NO2. The van der Waals surface area contributed by atoms with Gasteiger partial charge in [-0.15, -0.1) is 0 Å². The average molecular weight is 173 g/mol. The Morgan fingerprint density at radius 2 is 1.17 bits per heavy atom. The quantitative estimate of drug-likeness (QED) is 0.611. The Labute approximate surface area is 74.4 Å². The van der Waals surface area contributed by atoms with Gasteiger partial charge in [-0.2, -0.15) is 0 Å². The van der Waals surface area contributed by atoms with E-state index in [9.17, 15) is 4.79 Å². The summed E-state index contributed by atoms with van der Waals surface area (Å²) >= 11 is 0. The third-order valence-electron chi connectivity index (χ3n) is 1.88. The molecule has 0 saturated heterocycles. The monoisotopic (exact) mass is 173 g/mol. The van der Waals surface area contributed by atoms with Crippen molar-refractivity contribution in [3.05, 3.63) is 0 Å². The number of amides is 1. The molecule has 72 valence electrons. The van der Waals surface area contributed by atoms with E-state index in [-0.39, 0.29) is 0 Å². The van der Waals surface area contributed by atoms with Crippen LogP contribution in [-0.4, -0.2) is 30.2 Å². The van der Waals surface area contributed by atoms with Gasteiger partial charge in [0.05, 0.1) is 0 Å². The van der Waals surface area contributed by atoms with Gasteiger partial charge in [-0.3, -0.25) is 0 Å². The number of rotatable bonds is 0. The minimum atomic E-state index is -0.907. The topological polar surface area (TPSA) is 40.5 Å². The summed E-state index contributed by atoms with van der Waals surface area (Å²) in [5, 5.41) is 7.92. The first-order chi connectivity index (χ1) is 5.64. The second-order valence-corrected chi connectivity index (χ2v) is 3.30. The Balaban J connectivity index is 0.000000202. The fourth-order valence-corrected chi connectivity index (χ4v) is 1.06. The van der Waals surface area contributed by atoms with Crippen molar-refractivity contribution in [2.45, 2.75) is 38.5 Å². The van der Waals surface area contributed by atoms with E-state index >= 15 is 0 Å². The van der Waals surface area contributed by atoms with Gasteiger partial charge in [0.25, 0.3) is 0 Å². The molecule has 0 aromatic carbocycles. The Hall–Kier alpha value is -0.730. The van der Waals surface area contributed by atoms with Gasteiger partial charge in [-0.25, -0.2) is 4.79 Å². The maximum Gasteiger partial charge on any atom is 0.406 e. The second-order valence-electron chi connectivity index (χ2n) is 3.30. The normalized spacial score (nSPS) is 15.8. The lowest BCUT2D eigenvalue weighted by Crippen LogP contribution is -2.18. The van der Waals surface area contributed by atoms with Gasteiger partial charge in [0.2, 0.25) is 0 Å². The molecule has 0 spiro atoms. The SMILES string of the molecule is C1CCCCC1.CN(C)C(=O)O. The summed E-state index contributed by atoms with van der Waals surface area (Å²) in [6, 6.07) is 0. The van der Waals surface area contributed by atoms with Gasteiger partial charge in [0.1, 0.15) is 0 Å². The number of carboxylic acid groups (broad SMARTS) is 1. The lowest BCUT2D eigenvalue weighted by atomic mass is 10.0. The van der Waals surface area contributed by atoms with Crippen LogP contribution < -0.4 is 0 Å². The third kappa shape index (κ3) is 7.38. The predicted molar refractivity (Wildman–Crippen MR) is 49.4 cm³/mol. The largest absolute Gasteiger partial charge is 0.465 e.